The quantitative estimate of drug-likeness (QED) is 0.535. The number of nitrogens with zero attached hydrogens (tertiary/aromatic N) is 1. The van der Waals surface area contributed by atoms with Gasteiger partial charge < -0.3 is 4.52 Å². The largest absolute Gasteiger partial charge is 0.360 e. The summed E-state index contributed by atoms with van der Waals surface area (Å²) in [7, 11) is 0. The van der Waals surface area contributed by atoms with E-state index in [0.29, 0.717) is 31.9 Å². The van der Waals surface area contributed by atoms with E-state index in [-0.39, 0.29) is 11.7 Å². The zero-order valence-corrected chi connectivity index (χ0v) is 15.7. The second kappa shape index (κ2) is 7.05. The third-order valence-corrected chi connectivity index (χ3v) is 5.65. The Morgan fingerprint density at radius 2 is 2.21 bits per heavy atom. The molecule has 0 radical (unpaired) electrons. The molecule has 2 aromatic rings. The summed E-state index contributed by atoms with van der Waals surface area (Å²) in [5.41, 5.74) is 1.11. The van der Waals surface area contributed by atoms with Crippen molar-refractivity contribution in [3.63, 3.8) is 0 Å². The zero-order valence-electron chi connectivity index (χ0n) is 12.5. The highest BCUT2D eigenvalue weighted by molar-refractivity contribution is 9.10. The molecule has 1 saturated carbocycles. The Hall–Kier alpha value is -1.06. The molecule has 1 aromatic heterocycles. The molecule has 1 aliphatic rings. The van der Waals surface area contributed by atoms with Gasteiger partial charge in [-0.3, -0.25) is 13.5 Å². The van der Waals surface area contributed by atoms with E-state index in [1.54, 1.807) is 19.1 Å². The Labute approximate surface area is 154 Å². The van der Waals surface area contributed by atoms with Crippen LogP contribution in [0.1, 0.15) is 59.0 Å². The Balaban J connectivity index is 2.06. The van der Waals surface area contributed by atoms with E-state index in [1.807, 2.05) is 0 Å². The van der Waals surface area contributed by atoms with Gasteiger partial charge in [-0.25, -0.2) is 0 Å². The van der Waals surface area contributed by atoms with Gasteiger partial charge in [0.05, 0.1) is 16.8 Å². The lowest BCUT2D eigenvalue weighted by Crippen LogP contribution is -2.12. The monoisotopic (exact) mass is 433 g/mol. The van der Waals surface area contributed by atoms with Gasteiger partial charge in [0.25, 0.3) is 0 Å². The molecule has 128 valence electrons. The predicted molar refractivity (Wildman–Crippen MR) is 91.3 cm³/mol. The standard InChI is InChI=1S/C15H13BrClNO5S/c1-7(23-24(20)21)12-9(4-5-11(17)13(12)16)14(19)10-6-18-22-15(10)8-2-3-8/h4-8H,2-3H2,1H3,(H,20,21). The molecular weight excluding hydrogens is 422 g/mol. The fourth-order valence-corrected chi connectivity index (χ4v) is 3.71. The first-order valence-electron chi connectivity index (χ1n) is 7.15. The molecule has 0 spiro atoms. The molecule has 1 aromatic carbocycles. The van der Waals surface area contributed by atoms with Crippen LogP contribution < -0.4 is 0 Å². The number of rotatable bonds is 6. The van der Waals surface area contributed by atoms with Gasteiger partial charge in [0.2, 0.25) is 0 Å². The predicted octanol–water partition coefficient (Wildman–Crippen LogP) is 4.41. The number of hydrogen-bond acceptors (Lipinski definition) is 5. The van der Waals surface area contributed by atoms with Gasteiger partial charge in [0, 0.05) is 21.5 Å². The molecule has 3 rings (SSSR count). The van der Waals surface area contributed by atoms with Crippen molar-refractivity contribution in [3.8, 4) is 0 Å². The second-order valence-electron chi connectivity index (χ2n) is 5.49. The van der Waals surface area contributed by atoms with Crippen LogP contribution in [0.2, 0.25) is 5.02 Å². The van der Waals surface area contributed by atoms with E-state index in [9.17, 15) is 9.00 Å². The Morgan fingerprint density at radius 3 is 2.83 bits per heavy atom. The number of hydrogen-bond donors (Lipinski definition) is 1. The molecule has 2 atom stereocenters. The van der Waals surface area contributed by atoms with Crippen LogP contribution in [0.5, 0.6) is 0 Å². The summed E-state index contributed by atoms with van der Waals surface area (Å²) in [6.45, 7) is 1.57. The highest BCUT2D eigenvalue weighted by Gasteiger charge is 2.34. The molecule has 1 aliphatic carbocycles. The van der Waals surface area contributed by atoms with Crippen molar-refractivity contribution in [2.24, 2.45) is 0 Å². The second-order valence-corrected chi connectivity index (χ2v) is 7.31. The zero-order chi connectivity index (χ0) is 17.4. The number of carbonyl (C=O) groups excluding carboxylic acids is 1. The molecule has 1 fully saturated rings. The summed E-state index contributed by atoms with van der Waals surface area (Å²) in [6, 6.07) is 3.14. The fourth-order valence-electron chi connectivity index (χ4n) is 2.54. The maximum Gasteiger partial charge on any atom is 0.302 e. The Bertz CT molecular complexity index is 820. The lowest BCUT2D eigenvalue weighted by Gasteiger charge is -2.17. The van der Waals surface area contributed by atoms with Crippen molar-refractivity contribution < 1.29 is 22.3 Å². The smallest absolute Gasteiger partial charge is 0.302 e. The van der Waals surface area contributed by atoms with E-state index in [1.165, 1.54) is 6.20 Å². The first-order valence-corrected chi connectivity index (χ1v) is 9.35. The average molecular weight is 435 g/mol. The molecule has 1 heterocycles. The van der Waals surface area contributed by atoms with Crippen LogP contribution >= 0.6 is 27.5 Å². The summed E-state index contributed by atoms with van der Waals surface area (Å²) < 4.78 is 30.5. The van der Waals surface area contributed by atoms with Crippen LogP contribution in [0.15, 0.2) is 27.3 Å². The van der Waals surface area contributed by atoms with Crippen molar-refractivity contribution in [1.82, 2.24) is 5.16 Å². The van der Waals surface area contributed by atoms with Gasteiger partial charge in [0.1, 0.15) is 6.10 Å². The number of benzene rings is 1. The van der Waals surface area contributed by atoms with Crippen molar-refractivity contribution in [1.29, 1.82) is 0 Å². The first kappa shape index (κ1) is 17.8. The summed E-state index contributed by atoms with van der Waals surface area (Å²) in [5.74, 6) is 0.519. The lowest BCUT2D eigenvalue weighted by atomic mass is 9.95. The highest BCUT2D eigenvalue weighted by atomic mass is 79.9. The molecule has 2 unspecified atom stereocenters. The number of aromatic nitrogens is 1. The molecule has 9 heteroatoms. The van der Waals surface area contributed by atoms with Crippen LogP contribution in [-0.2, 0) is 15.5 Å². The summed E-state index contributed by atoms with van der Waals surface area (Å²) in [6.07, 6.45) is 2.51. The van der Waals surface area contributed by atoms with Crippen molar-refractivity contribution in [3.05, 3.63) is 50.3 Å². The summed E-state index contributed by atoms with van der Waals surface area (Å²) in [4.78, 5) is 13.0. The molecule has 0 saturated heterocycles. The van der Waals surface area contributed by atoms with E-state index in [0.717, 1.165) is 12.8 Å². The van der Waals surface area contributed by atoms with Gasteiger partial charge in [-0.15, -0.1) is 0 Å². The van der Waals surface area contributed by atoms with Crippen LogP contribution in [0.4, 0.5) is 0 Å². The van der Waals surface area contributed by atoms with Gasteiger partial charge in [-0.05, 0) is 47.8 Å². The maximum atomic E-state index is 13.0. The molecular formula is C15H13BrClNO5S. The normalized spacial score (nSPS) is 16.8. The van der Waals surface area contributed by atoms with Crippen LogP contribution in [0.25, 0.3) is 0 Å². The van der Waals surface area contributed by atoms with Crippen LogP contribution in [0.3, 0.4) is 0 Å². The molecule has 0 bridgehead atoms. The SMILES string of the molecule is CC(OS(=O)O)c1c(C(=O)c2cnoc2C2CC2)ccc(Cl)c1Br. The third kappa shape index (κ3) is 3.48. The Morgan fingerprint density at radius 1 is 1.50 bits per heavy atom. The number of carbonyl (C=O) groups is 1. The molecule has 1 N–H and O–H groups in total. The van der Waals surface area contributed by atoms with Crippen molar-refractivity contribution in [2.45, 2.75) is 31.8 Å². The molecule has 0 amide bonds. The lowest BCUT2D eigenvalue weighted by molar-refractivity contribution is 0.103. The average Bonchev–Trinajstić information content (AvgIpc) is 3.25. The van der Waals surface area contributed by atoms with Gasteiger partial charge >= 0.3 is 11.4 Å². The first-order chi connectivity index (χ1) is 11.4. The third-order valence-electron chi connectivity index (χ3n) is 3.80. The number of ketones is 1. The minimum absolute atomic E-state index is 0.226. The van der Waals surface area contributed by atoms with Gasteiger partial charge in [-0.1, -0.05) is 16.8 Å². The van der Waals surface area contributed by atoms with E-state index in [2.05, 4.69) is 21.1 Å². The number of halogens is 2. The summed E-state index contributed by atoms with van der Waals surface area (Å²) >= 11 is 6.96. The topological polar surface area (TPSA) is 89.6 Å². The van der Waals surface area contributed by atoms with Crippen LogP contribution in [-0.4, -0.2) is 19.7 Å². The van der Waals surface area contributed by atoms with Gasteiger partial charge in [0.15, 0.2) is 11.5 Å². The van der Waals surface area contributed by atoms with E-state index < -0.39 is 17.5 Å². The Kier molecular flexibility index (Phi) is 5.22. The summed E-state index contributed by atoms with van der Waals surface area (Å²) in [5, 5.41) is 4.11. The van der Waals surface area contributed by atoms with E-state index in [4.69, 9.17) is 24.9 Å². The molecule has 6 nitrogen and oxygen atoms in total. The van der Waals surface area contributed by atoms with Crippen molar-refractivity contribution >= 4 is 44.7 Å². The maximum absolute atomic E-state index is 13.0. The van der Waals surface area contributed by atoms with Crippen molar-refractivity contribution in [2.75, 3.05) is 0 Å². The highest BCUT2D eigenvalue weighted by Crippen LogP contribution is 2.43. The van der Waals surface area contributed by atoms with E-state index >= 15 is 0 Å². The van der Waals surface area contributed by atoms with Gasteiger partial charge in [-0.2, -0.15) is 4.21 Å². The fraction of sp³-hybridized carbons (Fsp3) is 0.333. The van der Waals surface area contributed by atoms with Crippen LogP contribution in [0, 0.1) is 0 Å². The molecule has 0 aliphatic heterocycles. The molecule has 24 heavy (non-hydrogen) atoms. The minimum atomic E-state index is -2.48. The minimum Gasteiger partial charge on any atom is -0.360 e.